The van der Waals surface area contributed by atoms with Gasteiger partial charge in [0.1, 0.15) is 19.0 Å². The first-order valence-corrected chi connectivity index (χ1v) is 22.2. The number of aliphatic hydroxyl groups excluding tert-OH is 1. The molecule has 0 aromatic heterocycles. The molecule has 2 fully saturated rings. The molecule has 0 bridgehead atoms. The van der Waals surface area contributed by atoms with Gasteiger partial charge in [-0.2, -0.15) is 0 Å². The Morgan fingerprint density at radius 1 is 0.887 bits per heavy atom. The lowest BCUT2D eigenvalue weighted by molar-refractivity contribution is 0.0351. The fraction of sp³-hybridized carbons (Fsp3) is 0.468. The van der Waals surface area contributed by atoms with Gasteiger partial charge in [0, 0.05) is 61.5 Å². The average molecular weight is 869 g/mol. The van der Waals surface area contributed by atoms with Crippen molar-refractivity contribution in [1.29, 1.82) is 0 Å². The van der Waals surface area contributed by atoms with Gasteiger partial charge in [-0.05, 0) is 88.1 Å². The summed E-state index contributed by atoms with van der Waals surface area (Å²) in [6.45, 7) is 13.3. The van der Waals surface area contributed by atoms with Gasteiger partial charge in [-0.3, -0.25) is 19.7 Å². The number of methoxy groups -OCH3 is 1. The number of hydrogen-bond acceptors (Lipinski definition) is 13. The van der Waals surface area contributed by atoms with E-state index >= 15 is 0 Å². The predicted octanol–water partition coefficient (Wildman–Crippen LogP) is 6.53. The standard InChI is InChI=1S/C47H60N6O8S/c1-6-31-17-36-24-49-41-21-38(8-9-39(41)45(55)52(36)26-31)60-28-33-16-34(20-35(19-33)51(30-47(3,4)62-48)10-12-58-14-15-59-13-11-54)29-61-44-23-42-40(22-43(44)57-5)46(56)53-27-32(7-2)18-37(53)25-50-42/h6-9,16,19-23,25,36-37,49,54H,10-15,17-18,24,26-30,48H2,1-5H3/b31-6-,32-7+/t36-,37-/m0/s1. The summed E-state index contributed by atoms with van der Waals surface area (Å²) in [5.41, 5.74) is 7.66. The number of fused-ring (bicyclic) bond motifs is 4. The molecule has 2 saturated heterocycles. The predicted molar refractivity (Wildman–Crippen MR) is 244 cm³/mol. The summed E-state index contributed by atoms with van der Waals surface area (Å²) in [7, 11) is 1.57. The zero-order valence-electron chi connectivity index (χ0n) is 36.5. The number of carbonyl (C=O) groups excluding carboxylic acids is 2. The van der Waals surface area contributed by atoms with Crippen LogP contribution in [0.1, 0.15) is 72.4 Å². The molecule has 0 aliphatic carbocycles. The fourth-order valence-corrected chi connectivity index (χ4v) is 8.56. The van der Waals surface area contributed by atoms with E-state index in [0.717, 1.165) is 35.3 Å². The normalized spacial score (nSPS) is 19.5. The number of nitrogens with zero attached hydrogens (tertiary/aromatic N) is 4. The summed E-state index contributed by atoms with van der Waals surface area (Å²) in [4.78, 5) is 38.1. The van der Waals surface area contributed by atoms with Gasteiger partial charge in [-0.1, -0.05) is 35.2 Å². The first-order chi connectivity index (χ1) is 30.0. The Kier molecular flexibility index (Phi) is 14.8. The van der Waals surface area contributed by atoms with Crippen LogP contribution in [-0.4, -0.2) is 123 Å². The van der Waals surface area contributed by atoms with E-state index in [9.17, 15) is 9.59 Å². The van der Waals surface area contributed by atoms with Crippen LogP contribution in [0.4, 0.5) is 17.1 Å². The summed E-state index contributed by atoms with van der Waals surface area (Å²) >= 11 is 1.30. The van der Waals surface area contributed by atoms with E-state index in [2.05, 4.69) is 54.4 Å². The minimum Gasteiger partial charge on any atom is -0.493 e. The molecule has 4 N–H and O–H groups in total. The summed E-state index contributed by atoms with van der Waals surface area (Å²) < 4.78 is 29.8. The van der Waals surface area contributed by atoms with E-state index in [0.29, 0.717) is 86.6 Å². The number of anilines is 2. The Bertz CT molecular complexity index is 2190. The zero-order chi connectivity index (χ0) is 43.8. The molecule has 332 valence electrons. The second-order valence-electron chi connectivity index (χ2n) is 16.6. The third-order valence-electron chi connectivity index (χ3n) is 11.7. The largest absolute Gasteiger partial charge is 0.493 e. The maximum Gasteiger partial charge on any atom is 0.257 e. The van der Waals surface area contributed by atoms with E-state index in [1.54, 1.807) is 19.2 Å². The van der Waals surface area contributed by atoms with Crippen LogP contribution in [0.15, 0.2) is 76.8 Å². The Hall–Kier alpha value is -5.06. The van der Waals surface area contributed by atoms with Crippen LogP contribution in [0.3, 0.4) is 0 Å². The van der Waals surface area contributed by atoms with Crippen LogP contribution < -0.4 is 29.6 Å². The zero-order valence-corrected chi connectivity index (χ0v) is 37.3. The molecule has 2 atom stereocenters. The molecule has 0 radical (unpaired) electrons. The van der Waals surface area contributed by atoms with Gasteiger partial charge in [0.25, 0.3) is 11.8 Å². The molecule has 0 saturated carbocycles. The van der Waals surface area contributed by atoms with Gasteiger partial charge in [0.2, 0.25) is 0 Å². The van der Waals surface area contributed by atoms with Crippen molar-refractivity contribution in [1.82, 2.24) is 9.80 Å². The molecule has 7 rings (SSSR count). The average Bonchev–Trinajstić information content (AvgIpc) is 3.85. The van der Waals surface area contributed by atoms with Crippen molar-refractivity contribution in [2.45, 2.75) is 70.6 Å². The quantitative estimate of drug-likeness (QED) is 0.0680. The molecule has 2 amide bonds. The lowest BCUT2D eigenvalue weighted by atomic mass is 10.1. The van der Waals surface area contributed by atoms with Gasteiger partial charge in [-0.15, -0.1) is 0 Å². The summed E-state index contributed by atoms with van der Waals surface area (Å²) in [5, 5.41) is 18.7. The number of ether oxygens (including phenoxy) is 5. The second-order valence-corrected chi connectivity index (χ2v) is 17.9. The molecule has 4 heterocycles. The molecule has 14 nitrogen and oxygen atoms in total. The molecule has 0 spiro atoms. The van der Waals surface area contributed by atoms with Crippen molar-refractivity contribution in [3.63, 3.8) is 0 Å². The molecule has 3 aromatic carbocycles. The van der Waals surface area contributed by atoms with E-state index in [-0.39, 0.29) is 55.1 Å². The Morgan fingerprint density at radius 3 is 2.32 bits per heavy atom. The lowest BCUT2D eigenvalue weighted by Crippen LogP contribution is -2.39. The number of aliphatic imine (C=N–C) groups is 1. The van der Waals surface area contributed by atoms with Crippen molar-refractivity contribution in [3.05, 3.63) is 94.1 Å². The minimum atomic E-state index is -0.292. The van der Waals surface area contributed by atoms with E-state index in [1.807, 2.05) is 48.1 Å². The van der Waals surface area contributed by atoms with Gasteiger partial charge >= 0.3 is 0 Å². The Morgan fingerprint density at radius 2 is 1.60 bits per heavy atom. The van der Waals surface area contributed by atoms with Crippen LogP contribution in [0, 0.1) is 0 Å². The van der Waals surface area contributed by atoms with Crippen molar-refractivity contribution < 1.29 is 38.4 Å². The molecular formula is C47H60N6O8S. The summed E-state index contributed by atoms with van der Waals surface area (Å²) in [5.74, 6) is 1.51. The highest BCUT2D eigenvalue weighted by Gasteiger charge is 2.36. The second kappa shape index (κ2) is 20.4. The fourth-order valence-electron chi connectivity index (χ4n) is 8.33. The minimum absolute atomic E-state index is 0.0314. The van der Waals surface area contributed by atoms with E-state index < -0.39 is 0 Å². The highest BCUT2D eigenvalue weighted by Crippen LogP contribution is 2.40. The molecular weight excluding hydrogens is 809 g/mol. The van der Waals surface area contributed by atoms with Gasteiger partial charge in [0.05, 0.1) is 74.7 Å². The van der Waals surface area contributed by atoms with Crippen LogP contribution in [-0.2, 0) is 22.7 Å². The SMILES string of the molecule is C/C=C1/C[C@H]2CNc3cc(OCc4cc(COc5cc6c(cc5OC)C(=O)N5C/C(=C/C)C[C@H]5C=N6)cc(N(CCOCCOCCO)CC(C)(C)SN)c4)ccc3C(=O)N2C1. The molecule has 15 heteroatoms. The number of nitrogens with two attached hydrogens (primary N) is 1. The number of benzene rings is 3. The molecule has 4 aliphatic rings. The highest BCUT2D eigenvalue weighted by atomic mass is 32.2. The smallest absolute Gasteiger partial charge is 0.257 e. The Labute approximate surface area is 369 Å². The lowest BCUT2D eigenvalue weighted by Gasteiger charge is -2.33. The first-order valence-electron chi connectivity index (χ1n) is 21.3. The van der Waals surface area contributed by atoms with Gasteiger partial charge in [-0.25, -0.2) is 0 Å². The van der Waals surface area contributed by atoms with E-state index in [4.69, 9.17) is 38.9 Å². The molecule has 62 heavy (non-hydrogen) atoms. The molecule has 0 unspecified atom stereocenters. The van der Waals surface area contributed by atoms with Crippen molar-refractivity contribution in [3.8, 4) is 17.2 Å². The highest BCUT2D eigenvalue weighted by molar-refractivity contribution is 7.98. The number of hydrogen-bond donors (Lipinski definition) is 3. The Balaban J connectivity index is 1.14. The van der Waals surface area contributed by atoms with Crippen LogP contribution >= 0.6 is 11.9 Å². The first kappa shape index (κ1) is 45.0. The van der Waals surface area contributed by atoms with Crippen molar-refractivity contribution >= 4 is 47.0 Å². The topological polar surface area (TPSA) is 161 Å². The van der Waals surface area contributed by atoms with Crippen molar-refractivity contribution in [2.24, 2.45) is 10.1 Å². The maximum atomic E-state index is 13.7. The number of aliphatic hydroxyl groups is 1. The number of rotatable bonds is 19. The molecule has 4 aliphatic heterocycles. The molecule has 3 aromatic rings. The van der Waals surface area contributed by atoms with E-state index in [1.165, 1.54) is 23.1 Å². The summed E-state index contributed by atoms with van der Waals surface area (Å²) in [6.07, 6.45) is 7.69. The summed E-state index contributed by atoms with van der Waals surface area (Å²) in [6, 6.07) is 15.4. The maximum absolute atomic E-state index is 13.7. The van der Waals surface area contributed by atoms with Gasteiger partial charge in [0.15, 0.2) is 11.5 Å². The number of nitrogens with one attached hydrogen (secondary N) is 1. The number of allylic oxidation sites excluding steroid dienone is 2. The number of carbonyl (C=O) groups is 2. The van der Waals surface area contributed by atoms with Crippen LogP contribution in [0.2, 0.25) is 0 Å². The third-order valence-corrected chi connectivity index (χ3v) is 12.5. The number of amides is 2. The monoisotopic (exact) mass is 868 g/mol. The van der Waals surface area contributed by atoms with Crippen molar-refractivity contribution in [2.75, 3.05) is 83.1 Å². The van der Waals surface area contributed by atoms with Crippen LogP contribution in [0.25, 0.3) is 0 Å². The van der Waals surface area contributed by atoms with Crippen LogP contribution in [0.5, 0.6) is 17.2 Å². The third kappa shape index (κ3) is 10.6. The van der Waals surface area contributed by atoms with Gasteiger partial charge < -0.3 is 48.8 Å².